The average Bonchev–Trinajstić information content (AvgIpc) is 2.66. The van der Waals surface area contributed by atoms with E-state index in [9.17, 15) is 4.79 Å². The molecular formula is C10H11N3OS. The Hall–Kier alpha value is -1.62. The lowest BCUT2D eigenvalue weighted by molar-refractivity contribution is 0.101. The van der Waals surface area contributed by atoms with Crippen LogP contribution in [0.4, 0.5) is 0 Å². The van der Waals surface area contributed by atoms with E-state index in [0.717, 1.165) is 10.6 Å². The molecule has 0 spiro atoms. The van der Waals surface area contributed by atoms with Crippen molar-refractivity contribution in [3.63, 3.8) is 0 Å². The lowest BCUT2D eigenvalue weighted by Crippen LogP contribution is -1.88. The van der Waals surface area contributed by atoms with E-state index >= 15 is 0 Å². The predicted molar refractivity (Wildman–Crippen MR) is 62.3 cm³/mol. The number of rotatable bonds is 4. The molecule has 1 aromatic rings. The van der Waals surface area contributed by atoms with Gasteiger partial charge in [0, 0.05) is 13.1 Å². The minimum atomic E-state index is -0.0603. The van der Waals surface area contributed by atoms with Crippen molar-refractivity contribution in [2.24, 2.45) is 4.99 Å². The van der Waals surface area contributed by atoms with Crippen molar-refractivity contribution < 1.29 is 4.79 Å². The summed E-state index contributed by atoms with van der Waals surface area (Å²) < 4.78 is 0. The van der Waals surface area contributed by atoms with E-state index in [1.165, 1.54) is 18.3 Å². The quantitative estimate of drug-likeness (QED) is 0.445. The Morgan fingerprint density at radius 1 is 1.40 bits per heavy atom. The third kappa shape index (κ3) is 3.21. The number of allylic oxidation sites excluding steroid dienone is 3. The molecule has 4 nitrogen and oxygen atoms in total. The lowest BCUT2D eigenvalue weighted by atomic mass is 10.3. The minimum absolute atomic E-state index is 0.0603. The highest BCUT2D eigenvalue weighted by molar-refractivity contribution is 7.14. The molecule has 0 saturated heterocycles. The van der Waals surface area contributed by atoms with Crippen molar-refractivity contribution in [2.45, 2.75) is 13.8 Å². The van der Waals surface area contributed by atoms with Crippen LogP contribution in [-0.2, 0) is 0 Å². The normalized spacial score (nSPS) is 12.0. The second-order valence-corrected chi connectivity index (χ2v) is 3.82. The molecule has 0 atom stereocenters. The third-order valence-corrected chi connectivity index (χ3v) is 2.76. The zero-order valence-corrected chi connectivity index (χ0v) is 9.41. The summed E-state index contributed by atoms with van der Waals surface area (Å²) in [5.41, 5.74) is 0.944. The first-order valence-electron chi connectivity index (χ1n) is 4.29. The third-order valence-electron chi connectivity index (χ3n) is 1.60. The first-order valence-corrected chi connectivity index (χ1v) is 5.11. The van der Waals surface area contributed by atoms with Gasteiger partial charge in [-0.05, 0) is 25.3 Å². The zero-order chi connectivity index (χ0) is 11.3. The summed E-state index contributed by atoms with van der Waals surface area (Å²) in [7, 11) is 0. The van der Waals surface area contributed by atoms with Crippen LogP contribution in [0.15, 0.2) is 23.3 Å². The van der Waals surface area contributed by atoms with E-state index in [2.05, 4.69) is 21.9 Å². The Labute approximate surface area is 92.1 Å². The molecule has 78 valence electrons. The summed E-state index contributed by atoms with van der Waals surface area (Å²) >= 11 is 1.29. The van der Waals surface area contributed by atoms with Gasteiger partial charge in [-0.25, -0.2) is 0 Å². The molecule has 0 saturated carbocycles. The molecule has 0 aromatic carbocycles. The maximum Gasteiger partial charge on any atom is 0.190 e. The number of Topliss-reactive ketones (excluding diaryl/α,β-unsaturated/α-hetero) is 1. The Morgan fingerprint density at radius 3 is 2.60 bits per heavy atom. The summed E-state index contributed by atoms with van der Waals surface area (Å²) in [5.74, 6) is -0.0603. The van der Waals surface area contributed by atoms with Crippen LogP contribution >= 0.6 is 11.3 Å². The molecule has 1 rings (SSSR count). The molecule has 0 aliphatic heterocycles. The van der Waals surface area contributed by atoms with Crippen LogP contribution in [0.25, 0.3) is 5.57 Å². The van der Waals surface area contributed by atoms with Crippen LogP contribution in [-0.4, -0.2) is 22.7 Å². The van der Waals surface area contributed by atoms with E-state index in [-0.39, 0.29) is 5.78 Å². The molecule has 1 aromatic heterocycles. The summed E-state index contributed by atoms with van der Waals surface area (Å²) in [6, 6.07) is 0. The Morgan fingerprint density at radius 2 is 2.07 bits per heavy atom. The Kier molecular flexibility index (Phi) is 4.05. The summed E-state index contributed by atoms with van der Waals surface area (Å²) in [6.45, 7) is 6.70. The molecule has 0 amide bonds. The SMILES string of the molecule is C=N/C=C\C=C(/C)c1nnc(C(C)=O)s1. The monoisotopic (exact) mass is 221 g/mol. The average molecular weight is 221 g/mol. The van der Waals surface area contributed by atoms with E-state index in [1.807, 2.05) is 13.0 Å². The highest BCUT2D eigenvalue weighted by atomic mass is 32.1. The molecule has 0 N–H and O–H groups in total. The lowest BCUT2D eigenvalue weighted by Gasteiger charge is -1.89. The molecule has 15 heavy (non-hydrogen) atoms. The summed E-state index contributed by atoms with van der Waals surface area (Å²) in [4.78, 5) is 14.6. The van der Waals surface area contributed by atoms with E-state index in [4.69, 9.17) is 0 Å². The second kappa shape index (κ2) is 5.31. The largest absolute Gasteiger partial charge is 0.292 e. The first-order chi connectivity index (χ1) is 7.15. The fraction of sp³-hybridized carbons (Fsp3) is 0.200. The van der Waals surface area contributed by atoms with Gasteiger partial charge >= 0.3 is 0 Å². The highest BCUT2D eigenvalue weighted by Crippen LogP contribution is 2.18. The van der Waals surface area contributed by atoms with Crippen molar-refractivity contribution in [3.05, 3.63) is 28.4 Å². The molecule has 1 heterocycles. The van der Waals surface area contributed by atoms with Crippen molar-refractivity contribution in [3.8, 4) is 0 Å². The number of carbonyl (C=O) groups excluding carboxylic acids is 1. The van der Waals surface area contributed by atoms with E-state index in [1.54, 1.807) is 12.3 Å². The van der Waals surface area contributed by atoms with Gasteiger partial charge in [0.15, 0.2) is 10.8 Å². The number of aliphatic imine (C=N–C) groups is 1. The second-order valence-electron chi connectivity index (χ2n) is 2.84. The number of hydrogen-bond donors (Lipinski definition) is 0. The number of hydrogen-bond acceptors (Lipinski definition) is 5. The Bertz CT molecular complexity index is 432. The number of nitrogens with zero attached hydrogens (tertiary/aromatic N) is 3. The topological polar surface area (TPSA) is 55.2 Å². The minimum Gasteiger partial charge on any atom is -0.292 e. The molecule has 0 aliphatic carbocycles. The van der Waals surface area contributed by atoms with Crippen LogP contribution in [0.2, 0.25) is 0 Å². The zero-order valence-electron chi connectivity index (χ0n) is 8.60. The molecule has 0 fully saturated rings. The van der Waals surface area contributed by atoms with Gasteiger partial charge in [0.2, 0.25) is 0 Å². The fourth-order valence-electron chi connectivity index (χ4n) is 0.844. The maximum absolute atomic E-state index is 11.0. The maximum atomic E-state index is 11.0. The number of aromatic nitrogens is 2. The predicted octanol–water partition coefficient (Wildman–Crippen LogP) is 2.36. The van der Waals surface area contributed by atoms with Crippen molar-refractivity contribution in [1.29, 1.82) is 0 Å². The van der Waals surface area contributed by atoms with Crippen molar-refractivity contribution in [1.82, 2.24) is 10.2 Å². The van der Waals surface area contributed by atoms with Crippen LogP contribution in [0.3, 0.4) is 0 Å². The van der Waals surface area contributed by atoms with Crippen LogP contribution in [0, 0.1) is 0 Å². The van der Waals surface area contributed by atoms with Gasteiger partial charge < -0.3 is 0 Å². The van der Waals surface area contributed by atoms with Crippen LogP contribution in [0.1, 0.15) is 28.7 Å². The summed E-state index contributed by atoms with van der Waals surface area (Å²) in [6.07, 6.45) is 5.19. The van der Waals surface area contributed by atoms with E-state index in [0.29, 0.717) is 5.01 Å². The Balaban J connectivity index is 2.86. The van der Waals surface area contributed by atoms with Gasteiger partial charge in [-0.3, -0.25) is 9.79 Å². The van der Waals surface area contributed by atoms with Crippen LogP contribution in [0.5, 0.6) is 0 Å². The fourth-order valence-corrected chi connectivity index (χ4v) is 1.56. The molecule has 5 heteroatoms. The van der Waals surface area contributed by atoms with E-state index < -0.39 is 0 Å². The number of ketones is 1. The van der Waals surface area contributed by atoms with Crippen LogP contribution < -0.4 is 0 Å². The van der Waals surface area contributed by atoms with Gasteiger partial charge in [-0.1, -0.05) is 17.4 Å². The molecule has 0 unspecified atom stereocenters. The van der Waals surface area contributed by atoms with Gasteiger partial charge in [-0.15, -0.1) is 10.2 Å². The standard InChI is InChI=1S/C10H11N3OS/c1-7(5-4-6-11-3)9-12-13-10(15-9)8(2)14/h4-6H,3H2,1-2H3/b6-4-,7-5+. The first kappa shape index (κ1) is 11.5. The van der Waals surface area contributed by atoms with Crippen molar-refractivity contribution in [2.75, 3.05) is 0 Å². The molecule has 0 radical (unpaired) electrons. The van der Waals surface area contributed by atoms with Gasteiger partial charge in [0.25, 0.3) is 0 Å². The van der Waals surface area contributed by atoms with Crippen molar-refractivity contribution >= 4 is 29.4 Å². The molecule has 0 bridgehead atoms. The summed E-state index contributed by atoms with van der Waals surface area (Å²) in [5, 5.41) is 8.88. The smallest absolute Gasteiger partial charge is 0.190 e. The van der Waals surface area contributed by atoms with Gasteiger partial charge in [0.05, 0.1) is 0 Å². The van der Waals surface area contributed by atoms with Gasteiger partial charge in [0.1, 0.15) is 5.01 Å². The number of carbonyl (C=O) groups is 1. The molecule has 0 aliphatic rings. The molecular weight excluding hydrogens is 210 g/mol. The highest BCUT2D eigenvalue weighted by Gasteiger charge is 2.08. The van der Waals surface area contributed by atoms with Gasteiger partial charge in [-0.2, -0.15) is 0 Å².